The predicted octanol–water partition coefficient (Wildman–Crippen LogP) is 1.36. The van der Waals surface area contributed by atoms with Gasteiger partial charge >= 0.3 is 5.97 Å². The third kappa shape index (κ3) is 2.29. The molecule has 0 unspecified atom stereocenters. The quantitative estimate of drug-likeness (QED) is 0.763. The van der Waals surface area contributed by atoms with Gasteiger partial charge in [-0.15, -0.1) is 0 Å². The Morgan fingerprint density at radius 1 is 1.60 bits per heavy atom. The van der Waals surface area contributed by atoms with Gasteiger partial charge in [0, 0.05) is 6.54 Å². The molecule has 0 radical (unpaired) electrons. The summed E-state index contributed by atoms with van der Waals surface area (Å²) >= 11 is 0. The number of ether oxygens (including phenoxy) is 1. The summed E-state index contributed by atoms with van der Waals surface area (Å²) in [4.78, 5) is 15.4. The van der Waals surface area contributed by atoms with Crippen molar-refractivity contribution >= 4 is 11.8 Å². The van der Waals surface area contributed by atoms with Crippen molar-refractivity contribution in [3.05, 3.63) is 11.5 Å². The highest BCUT2D eigenvalue weighted by Gasteiger charge is 2.18. The molecule has 5 nitrogen and oxygen atoms in total. The van der Waals surface area contributed by atoms with Crippen LogP contribution in [0.3, 0.4) is 0 Å². The topological polar surface area (TPSA) is 70.1 Å². The van der Waals surface area contributed by atoms with E-state index in [-0.39, 0.29) is 5.69 Å². The molecule has 0 amide bonds. The lowest BCUT2D eigenvalue weighted by atomic mass is 10.3. The first kappa shape index (κ1) is 11.6. The number of nitrogens with zero attached hydrogens (tertiary/aromatic N) is 2. The minimum atomic E-state index is -0.481. The van der Waals surface area contributed by atoms with Gasteiger partial charge in [0.25, 0.3) is 0 Å². The number of hydrogen-bond acceptors (Lipinski definition) is 4. The van der Waals surface area contributed by atoms with Crippen molar-refractivity contribution in [3.63, 3.8) is 0 Å². The number of aromatic nitrogens is 2. The average molecular weight is 211 g/mol. The fraction of sp³-hybridized carbons (Fsp3) is 0.600. The zero-order chi connectivity index (χ0) is 11.4. The summed E-state index contributed by atoms with van der Waals surface area (Å²) in [5.41, 5.74) is 6.04. The van der Waals surface area contributed by atoms with Crippen molar-refractivity contribution in [1.29, 1.82) is 0 Å². The summed E-state index contributed by atoms with van der Waals surface area (Å²) in [6.07, 6.45) is 2.09. The zero-order valence-corrected chi connectivity index (χ0v) is 9.41. The number of methoxy groups -OCH3 is 1. The van der Waals surface area contributed by atoms with Crippen LogP contribution in [0.5, 0.6) is 0 Å². The first-order valence-corrected chi connectivity index (χ1v) is 5.02. The number of carbonyl (C=O) groups is 1. The molecule has 1 aromatic rings. The lowest BCUT2D eigenvalue weighted by molar-refractivity contribution is 0.0595. The fourth-order valence-corrected chi connectivity index (χ4v) is 1.43. The van der Waals surface area contributed by atoms with Crippen LogP contribution >= 0.6 is 0 Å². The van der Waals surface area contributed by atoms with Crippen LogP contribution in [0.25, 0.3) is 0 Å². The molecular weight excluding hydrogens is 194 g/mol. The number of hydrogen-bond donors (Lipinski definition) is 1. The van der Waals surface area contributed by atoms with E-state index in [2.05, 4.69) is 16.6 Å². The highest BCUT2D eigenvalue weighted by Crippen LogP contribution is 2.15. The minimum Gasteiger partial charge on any atom is -0.464 e. The number of anilines is 1. The van der Waals surface area contributed by atoms with Crippen LogP contribution in [0.2, 0.25) is 0 Å². The molecule has 0 saturated heterocycles. The van der Waals surface area contributed by atoms with Gasteiger partial charge in [0.15, 0.2) is 5.69 Å². The molecule has 1 aromatic heterocycles. The van der Waals surface area contributed by atoms with Gasteiger partial charge in [-0.05, 0) is 13.3 Å². The minimum absolute atomic E-state index is 0.214. The molecule has 15 heavy (non-hydrogen) atoms. The van der Waals surface area contributed by atoms with Crippen molar-refractivity contribution in [1.82, 2.24) is 9.55 Å². The van der Waals surface area contributed by atoms with Crippen molar-refractivity contribution in [2.75, 3.05) is 12.8 Å². The first-order chi connectivity index (χ1) is 7.11. The molecule has 0 aliphatic rings. The van der Waals surface area contributed by atoms with Gasteiger partial charge in [-0.3, -0.25) is 0 Å². The molecule has 0 atom stereocenters. The maximum absolute atomic E-state index is 11.3. The number of imidazole rings is 1. The Balaban J connectivity index is 2.98. The maximum atomic E-state index is 11.3. The monoisotopic (exact) mass is 211 g/mol. The largest absolute Gasteiger partial charge is 0.464 e. The molecule has 2 N–H and O–H groups in total. The van der Waals surface area contributed by atoms with E-state index in [9.17, 15) is 4.79 Å². The molecule has 0 aliphatic heterocycles. The molecule has 0 aromatic carbocycles. The second-order valence-electron chi connectivity index (χ2n) is 3.39. The normalized spacial score (nSPS) is 10.3. The Kier molecular flexibility index (Phi) is 3.71. The van der Waals surface area contributed by atoms with E-state index >= 15 is 0 Å². The van der Waals surface area contributed by atoms with Gasteiger partial charge in [0.2, 0.25) is 0 Å². The lowest BCUT2D eigenvalue weighted by Gasteiger charge is -2.05. The summed E-state index contributed by atoms with van der Waals surface area (Å²) < 4.78 is 6.44. The van der Waals surface area contributed by atoms with Gasteiger partial charge in [-0.1, -0.05) is 13.3 Å². The number of unbranched alkanes of at least 4 members (excludes halogenated alkanes) is 1. The zero-order valence-electron chi connectivity index (χ0n) is 9.41. The number of esters is 1. The first-order valence-electron chi connectivity index (χ1n) is 5.02. The van der Waals surface area contributed by atoms with Crippen LogP contribution in [0, 0.1) is 6.92 Å². The van der Waals surface area contributed by atoms with Crippen LogP contribution in [0.1, 0.15) is 36.1 Å². The van der Waals surface area contributed by atoms with Crippen molar-refractivity contribution in [3.8, 4) is 0 Å². The van der Waals surface area contributed by atoms with E-state index in [4.69, 9.17) is 5.73 Å². The Morgan fingerprint density at radius 3 is 2.80 bits per heavy atom. The van der Waals surface area contributed by atoms with Crippen LogP contribution < -0.4 is 5.73 Å². The summed E-state index contributed by atoms with van der Waals surface area (Å²) in [5, 5.41) is 0. The molecule has 1 heterocycles. The third-order valence-electron chi connectivity index (χ3n) is 2.31. The van der Waals surface area contributed by atoms with Crippen LogP contribution in [-0.4, -0.2) is 22.6 Å². The van der Waals surface area contributed by atoms with E-state index in [1.165, 1.54) is 7.11 Å². The van der Waals surface area contributed by atoms with Crippen molar-refractivity contribution in [2.24, 2.45) is 0 Å². The second kappa shape index (κ2) is 4.82. The van der Waals surface area contributed by atoms with Crippen LogP contribution in [-0.2, 0) is 11.3 Å². The van der Waals surface area contributed by atoms with Gasteiger partial charge in [-0.25, -0.2) is 9.78 Å². The number of nitrogens with two attached hydrogens (primary N) is 1. The maximum Gasteiger partial charge on any atom is 0.360 e. The Hall–Kier alpha value is -1.52. The second-order valence-corrected chi connectivity index (χ2v) is 3.39. The summed E-state index contributed by atoms with van der Waals surface area (Å²) in [6, 6.07) is 0. The number of nitrogen functional groups attached to an aromatic ring is 1. The summed E-state index contributed by atoms with van der Waals surface area (Å²) in [5.74, 6) is 0.667. The average Bonchev–Trinajstić information content (AvgIpc) is 2.51. The highest BCUT2D eigenvalue weighted by molar-refractivity contribution is 5.92. The van der Waals surface area contributed by atoms with Gasteiger partial charge < -0.3 is 15.0 Å². The lowest BCUT2D eigenvalue weighted by Crippen LogP contribution is -2.08. The van der Waals surface area contributed by atoms with E-state index in [0.717, 1.165) is 25.2 Å². The molecule has 0 bridgehead atoms. The molecule has 1 rings (SSSR count). The molecular formula is C10H17N3O2. The van der Waals surface area contributed by atoms with Crippen LogP contribution in [0.15, 0.2) is 0 Å². The molecule has 5 heteroatoms. The molecule has 0 spiro atoms. The third-order valence-corrected chi connectivity index (χ3v) is 2.31. The van der Waals surface area contributed by atoms with Gasteiger partial charge in [0.05, 0.1) is 7.11 Å². The number of aryl methyl sites for hydroxylation is 1. The van der Waals surface area contributed by atoms with E-state index in [0.29, 0.717) is 5.82 Å². The van der Waals surface area contributed by atoms with Crippen LogP contribution in [0.4, 0.5) is 5.82 Å². The Labute approximate surface area is 89.2 Å². The standard InChI is InChI=1S/C10H17N3O2/c1-4-5-6-13-7(2)12-8(9(13)11)10(14)15-3/h4-6,11H2,1-3H3. The number of carbonyl (C=O) groups excluding carboxylic acids is 1. The Morgan fingerprint density at radius 2 is 2.27 bits per heavy atom. The molecule has 0 saturated carbocycles. The Bertz CT molecular complexity index is 358. The summed E-state index contributed by atoms with van der Waals surface area (Å²) in [7, 11) is 1.32. The smallest absolute Gasteiger partial charge is 0.360 e. The SMILES string of the molecule is CCCCn1c(C)nc(C(=O)OC)c1N. The summed E-state index contributed by atoms with van der Waals surface area (Å²) in [6.45, 7) is 4.72. The van der Waals surface area contributed by atoms with E-state index < -0.39 is 5.97 Å². The van der Waals surface area contributed by atoms with Gasteiger partial charge in [-0.2, -0.15) is 0 Å². The van der Waals surface area contributed by atoms with E-state index in [1.54, 1.807) is 0 Å². The van der Waals surface area contributed by atoms with Gasteiger partial charge in [0.1, 0.15) is 11.6 Å². The molecule has 84 valence electrons. The van der Waals surface area contributed by atoms with E-state index in [1.807, 2.05) is 11.5 Å². The predicted molar refractivity (Wildman–Crippen MR) is 57.6 cm³/mol. The molecule has 0 fully saturated rings. The van der Waals surface area contributed by atoms with Crippen molar-refractivity contribution < 1.29 is 9.53 Å². The highest BCUT2D eigenvalue weighted by atomic mass is 16.5. The van der Waals surface area contributed by atoms with Crippen molar-refractivity contribution in [2.45, 2.75) is 33.2 Å². The molecule has 0 aliphatic carbocycles. The number of rotatable bonds is 4. The fourth-order valence-electron chi connectivity index (χ4n) is 1.43.